The molecule has 0 aromatic carbocycles. The van der Waals surface area contributed by atoms with Gasteiger partial charge in [0.15, 0.2) is 0 Å². The number of hydrogen-bond donors (Lipinski definition) is 1. The number of hydrogen-bond acceptors (Lipinski definition) is 3. The summed E-state index contributed by atoms with van der Waals surface area (Å²) >= 11 is 0. The third-order valence-corrected chi connectivity index (χ3v) is 2.95. The second-order valence-electron chi connectivity index (χ2n) is 3.84. The van der Waals surface area contributed by atoms with Crippen molar-refractivity contribution in [2.75, 3.05) is 17.2 Å². The molecule has 0 amide bonds. The molecule has 3 heteroatoms. The van der Waals surface area contributed by atoms with Gasteiger partial charge in [-0.2, -0.15) is 0 Å². The monoisotopic (exact) mass is 191 g/mol. The van der Waals surface area contributed by atoms with Crippen molar-refractivity contribution in [1.29, 1.82) is 0 Å². The fourth-order valence-corrected chi connectivity index (χ4v) is 2.17. The van der Waals surface area contributed by atoms with Crippen molar-refractivity contribution in [3.63, 3.8) is 0 Å². The van der Waals surface area contributed by atoms with Crippen molar-refractivity contribution in [3.05, 3.63) is 18.3 Å². The first-order valence-electron chi connectivity index (χ1n) is 5.29. The summed E-state index contributed by atoms with van der Waals surface area (Å²) in [5.41, 5.74) is 6.77. The van der Waals surface area contributed by atoms with E-state index in [9.17, 15) is 0 Å². The van der Waals surface area contributed by atoms with Gasteiger partial charge in [-0.1, -0.05) is 6.92 Å². The molecule has 0 radical (unpaired) electrons. The highest BCUT2D eigenvalue weighted by molar-refractivity contribution is 5.49. The second kappa shape index (κ2) is 3.86. The molecule has 1 atom stereocenters. The first-order chi connectivity index (χ1) is 6.81. The Bertz CT molecular complexity index is 294. The molecule has 2 heterocycles. The van der Waals surface area contributed by atoms with Crippen LogP contribution < -0.4 is 10.6 Å². The Morgan fingerprint density at radius 1 is 1.57 bits per heavy atom. The lowest BCUT2D eigenvalue weighted by Gasteiger charge is -2.25. The molecule has 1 aromatic rings. The molecule has 0 bridgehead atoms. The molecular formula is C11H17N3. The fourth-order valence-electron chi connectivity index (χ4n) is 2.17. The largest absolute Gasteiger partial charge is 0.384 e. The third kappa shape index (κ3) is 1.67. The Hall–Kier alpha value is -1.25. The van der Waals surface area contributed by atoms with Crippen LogP contribution >= 0.6 is 0 Å². The number of rotatable bonds is 2. The Morgan fingerprint density at radius 3 is 3.07 bits per heavy atom. The maximum atomic E-state index is 5.56. The lowest BCUT2D eigenvalue weighted by molar-refractivity contribution is 0.645. The summed E-state index contributed by atoms with van der Waals surface area (Å²) in [5, 5.41) is 0. The van der Waals surface area contributed by atoms with Crippen LogP contribution in [0.2, 0.25) is 0 Å². The van der Waals surface area contributed by atoms with Gasteiger partial charge >= 0.3 is 0 Å². The van der Waals surface area contributed by atoms with Gasteiger partial charge in [0.05, 0.1) is 11.9 Å². The molecule has 0 aliphatic carbocycles. The van der Waals surface area contributed by atoms with E-state index in [2.05, 4.69) is 22.9 Å². The first-order valence-corrected chi connectivity index (χ1v) is 5.29. The summed E-state index contributed by atoms with van der Waals surface area (Å²) in [6.07, 6.45) is 5.69. The summed E-state index contributed by atoms with van der Waals surface area (Å²) in [7, 11) is 0. The second-order valence-corrected chi connectivity index (χ2v) is 3.84. The van der Waals surface area contributed by atoms with Gasteiger partial charge in [0.1, 0.15) is 5.82 Å². The molecule has 1 saturated heterocycles. The summed E-state index contributed by atoms with van der Waals surface area (Å²) in [4.78, 5) is 6.57. The minimum atomic E-state index is 0.598. The highest BCUT2D eigenvalue weighted by atomic mass is 15.2. The van der Waals surface area contributed by atoms with E-state index >= 15 is 0 Å². The highest BCUT2D eigenvalue weighted by Crippen LogP contribution is 2.26. The molecule has 76 valence electrons. The van der Waals surface area contributed by atoms with Crippen LogP contribution in [0.15, 0.2) is 18.3 Å². The first kappa shape index (κ1) is 9.31. The minimum absolute atomic E-state index is 0.598. The normalized spacial score (nSPS) is 21.5. The molecular weight excluding hydrogens is 174 g/mol. The van der Waals surface area contributed by atoms with Crippen LogP contribution in [0.1, 0.15) is 26.2 Å². The molecule has 1 unspecified atom stereocenters. The number of nitrogens with zero attached hydrogens (tertiary/aromatic N) is 2. The minimum Gasteiger partial charge on any atom is -0.384 e. The van der Waals surface area contributed by atoms with Gasteiger partial charge in [-0.05, 0) is 31.4 Å². The zero-order valence-corrected chi connectivity index (χ0v) is 8.61. The topological polar surface area (TPSA) is 42.1 Å². The summed E-state index contributed by atoms with van der Waals surface area (Å²) in [6, 6.07) is 4.64. The van der Waals surface area contributed by atoms with E-state index in [1.54, 1.807) is 0 Å². The van der Waals surface area contributed by atoms with E-state index in [4.69, 9.17) is 5.73 Å². The van der Waals surface area contributed by atoms with Crippen molar-refractivity contribution in [2.24, 2.45) is 0 Å². The van der Waals surface area contributed by atoms with Gasteiger partial charge in [0, 0.05) is 12.6 Å². The van der Waals surface area contributed by atoms with Crippen molar-refractivity contribution >= 4 is 11.5 Å². The molecule has 1 aliphatic rings. The molecule has 14 heavy (non-hydrogen) atoms. The van der Waals surface area contributed by atoms with Crippen LogP contribution in [0.5, 0.6) is 0 Å². The molecule has 1 aliphatic heterocycles. The number of nitrogens with two attached hydrogens (primary N) is 1. The average Bonchev–Trinajstić information content (AvgIpc) is 2.67. The van der Waals surface area contributed by atoms with Gasteiger partial charge in [0.2, 0.25) is 0 Å². The van der Waals surface area contributed by atoms with E-state index < -0.39 is 0 Å². The molecule has 0 spiro atoms. The van der Waals surface area contributed by atoms with E-state index in [-0.39, 0.29) is 0 Å². The fraction of sp³-hybridized carbons (Fsp3) is 0.545. The van der Waals surface area contributed by atoms with Crippen molar-refractivity contribution in [2.45, 2.75) is 32.2 Å². The van der Waals surface area contributed by atoms with Crippen LogP contribution in [-0.2, 0) is 0 Å². The predicted molar refractivity (Wildman–Crippen MR) is 59.3 cm³/mol. The molecule has 3 nitrogen and oxygen atoms in total. The summed E-state index contributed by atoms with van der Waals surface area (Å²) in [6.45, 7) is 3.40. The number of anilines is 2. The summed E-state index contributed by atoms with van der Waals surface area (Å²) in [5.74, 6) is 0.598. The average molecular weight is 191 g/mol. The SMILES string of the molecule is CCC1CCCN1c1ccc(N)nc1. The van der Waals surface area contributed by atoms with Crippen LogP contribution in [0, 0.1) is 0 Å². The maximum absolute atomic E-state index is 5.56. The van der Waals surface area contributed by atoms with Gasteiger partial charge in [-0.15, -0.1) is 0 Å². The maximum Gasteiger partial charge on any atom is 0.123 e. The van der Waals surface area contributed by atoms with E-state index in [1.807, 2.05) is 12.3 Å². The third-order valence-electron chi connectivity index (χ3n) is 2.95. The number of aromatic nitrogens is 1. The van der Waals surface area contributed by atoms with E-state index in [1.165, 1.54) is 24.9 Å². The zero-order valence-electron chi connectivity index (χ0n) is 8.61. The number of pyridine rings is 1. The Balaban J connectivity index is 2.17. The van der Waals surface area contributed by atoms with Crippen LogP contribution in [-0.4, -0.2) is 17.6 Å². The number of nitrogen functional groups attached to an aromatic ring is 1. The lowest BCUT2D eigenvalue weighted by atomic mass is 10.1. The summed E-state index contributed by atoms with van der Waals surface area (Å²) < 4.78 is 0. The van der Waals surface area contributed by atoms with Crippen molar-refractivity contribution in [3.8, 4) is 0 Å². The standard InChI is InChI=1S/C11H17N3/c1-2-9-4-3-7-14(9)10-5-6-11(12)13-8-10/h5-6,8-9H,2-4,7H2,1H3,(H2,12,13). The Kier molecular flexibility index (Phi) is 2.57. The van der Waals surface area contributed by atoms with Crippen molar-refractivity contribution < 1.29 is 0 Å². The zero-order chi connectivity index (χ0) is 9.97. The van der Waals surface area contributed by atoms with Crippen molar-refractivity contribution in [1.82, 2.24) is 4.98 Å². The van der Waals surface area contributed by atoms with E-state index in [0.29, 0.717) is 11.9 Å². The van der Waals surface area contributed by atoms with Gasteiger partial charge < -0.3 is 10.6 Å². The molecule has 1 fully saturated rings. The molecule has 2 rings (SSSR count). The van der Waals surface area contributed by atoms with E-state index in [0.717, 1.165) is 6.54 Å². The highest BCUT2D eigenvalue weighted by Gasteiger charge is 2.22. The smallest absolute Gasteiger partial charge is 0.123 e. The molecule has 1 aromatic heterocycles. The van der Waals surface area contributed by atoms with Gasteiger partial charge in [0.25, 0.3) is 0 Å². The van der Waals surface area contributed by atoms with Gasteiger partial charge in [-0.3, -0.25) is 0 Å². The van der Waals surface area contributed by atoms with Crippen LogP contribution in [0.4, 0.5) is 11.5 Å². The molecule has 2 N–H and O–H groups in total. The van der Waals surface area contributed by atoms with Crippen LogP contribution in [0.25, 0.3) is 0 Å². The Labute approximate surface area is 84.9 Å². The predicted octanol–water partition coefficient (Wildman–Crippen LogP) is 2.04. The van der Waals surface area contributed by atoms with Gasteiger partial charge in [-0.25, -0.2) is 4.98 Å². The van der Waals surface area contributed by atoms with Crippen LogP contribution in [0.3, 0.4) is 0 Å². The quantitative estimate of drug-likeness (QED) is 0.777. The lowest BCUT2D eigenvalue weighted by Crippen LogP contribution is -2.28. The Morgan fingerprint density at radius 2 is 2.43 bits per heavy atom. The molecule has 0 saturated carbocycles.